The van der Waals surface area contributed by atoms with Crippen molar-refractivity contribution in [2.24, 2.45) is 0 Å². The van der Waals surface area contributed by atoms with Crippen LogP contribution in [0.5, 0.6) is 11.5 Å². The van der Waals surface area contributed by atoms with Crippen molar-refractivity contribution in [2.75, 3.05) is 5.32 Å². The van der Waals surface area contributed by atoms with E-state index in [2.05, 4.69) is 5.32 Å². The van der Waals surface area contributed by atoms with E-state index in [0.717, 1.165) is 25.2 Å². The summed E-state index contributed by atoms with van der Waals surface area (Å²) < 4.78 is 28.4. The number of phenols is 2. The molecule has 7 N–H and O–H groups in total. The van der Waals surface area contributed by atoms with E-state index >= 15 is 0 Å². The van der Waals surface area contributed by atoms with Crippen molar-refractivity contribution in [3.8, 4) is 11.5 Å². The highest BCUT2D eigenvalue weighted by atomic mass is 35.5. The molecule has 66 heavy (non-hydrogen) atoms. The summed E-state index contributed by atoms with van der Waals surface area (Å²) >= 11 is 6.05. The van der Waals surface area contributed by atoms with Gasteiger partial charge in [-0.1, -0.05) is 65.8 Å². The van der Waals surface area contributed by atoms with Gasteiger partial charge in [0.25, 0.3) is 0 Å². The fourth-order valence-electron chi connectivity index (χ4n) is 9.98. The first-order valence-corrected chi connectivity index (χ1v) is 21.1. The predicted molar refractivity (Wildman–Crippen MR) is 230 cm³/mol. The zero-order valence-corrected chi connectivity index (χ0v) is 36.4. The van der Waals surface area contributed by atoms with E-state index in [9.17, 15) is 59.4 Å². The number of nitrogens with one attached hydrogen (secondary N) is 1. The fraction of sp³-hybridized carbons (Fsp3) is 0.362. The number of allylic oxidation sites excluding steroid dienone is 6. The lowest BCUT2D eigenvalue weighted by atomic mass is 9.50. The Bertz CT molecular complexity index is 2840. The Hall–Kier alpha value is -6.25. The van der Waals surface area contributed by atoms with Crippen LogP contribution in [0.4, 0.5) is 5.69 Å². The number of epoxide rings is 1. The Balaban J connectivity index is 0.943. The maximum Gasteiger partial charge on any atom is 0.360 e. The number of ketones is 2. The average molecular weight is 930 g/mol. The summed E-state index contributed by atoms with van der Waals surface area (Å²) in [4.78, 5) is 78.1. The third-order valence-corrected chi connectivity index (χ3v) is 13.3. The fourth-order valence-corrected chi connectivity index (χ4v) is 10.2. The molecule has 1 amide bonds. The van der Waals surface area contributed by atoms with E-state index in [1.165, 1.54) is 54.6 Å². The molecule has 5 aliphatic rings. The topological polar surface area (TPSA) is 289 Å². The van der Waals surface area contributed by atoms with E-state index < -0.39 is 106 Å². The van der Waals surface area contributed by atoms with Crippen LogP contribution < -0.4 is 10.9 Å². The van der Waals surface area contributed by atoms with Crippen LogP contribution in [0.25, 0.3) is 11.0 Å². The normalized spacial score (nSPS) is 32.5. The molecular weight excluding hydrogens is 886 g/mol. The number of phenolic OH excluding ortho intramolecular Hbond substituents is 2. The highest BCUT2D eigenvalue weighted by Gasteiger charge is 2.96. The first kappa shape index (κ1) is 46.3. The number of esters is 2. The molecule has 2 aromatic carbocycles. The number of anilines is 1. The monoisotopic (exact) mass is 929 g/mol. The largest absolute Gasteiger partial charge is 0.507 e. The van der Waals surface area contributed by atoms with Crippen molar-refractivity contribution in [2.45, 2.75) is 106 Å². The molecule has 346 valence electrons. The van der Waals surface area contributed by atoms with Crippen LogP contribution in [0, 0.1) is 6.92 Å². The third kappa shape index (κ3) is 6.94. The Morgan fingerprint density at radius 3 is 2.32 bits per heavy atom. The Morgan fingerprint density at radius 1 is 0.939 bits per heavy atom. The molecule has 3 fully saturated rings. The van der Waals surface area contributed by atoms with Crippen LogP contribution in [0.2, 0.25) is 5.02 Å². The van der Waals surface area contributed by atoms with Crippen LogP contribution in [0.1, 0.15) is 79.3 Å². The van der Waals surface area contributed by atoms with Crippen molar-refractivity contribution in [3.05, 3.63) is 122 Å². The summed E-state index contributed by atoms with van der Waals surface area (Å²) in [5, 5.41) is 71.3. The summed E-state index contributed by atoms with van der Waals surface area (Å²) in [5.74, 6) is -5.14. The van der Waals surface area contributed by atoms with Crippen LogP contribution in [-0.2, 0) is 38.1 Å². The number of rotatable bonds is 9. The van der Waals surface area contributed by atoms with Crippen molar-refractivity contribution in [1.82, 2.24) is 0 Å². The molecule has 2 aliphatic heterocycles. The van der Waals surface area contributed by atoms with Gasteiger partial charge >= 0.3 is 17.6 Å². The molecular formula is C47H44ClNO17. The van der Waals surface area contributed by atoms with Gasteiger partial charge in [-0.15, -0.1) is 0 Å². The number of Topliss-reactive ketones (excluding diaryl/α,β-unsaturated/α-hetero) is 1. The van der Waals surface area contributed by atoms with Gasteiger partial charge in [0.05, 0.1) is 18.3 Å². The lowest BCUT2D eigenvalue weighted by molar-refractivity contribution is -0.210. The summed E-state index contributed by atoms with van der Waals surface area (Å²) in [6.45, 7) is 5.84. The molecule has 6 unspecified atom stereocenters. The number of halogens is 1. The minimum atomic E-state index is -2.88. The van der Waals surface area contributed by atoms with Gasteiger partial charge in [0.1, 0.15) is 40.0 Å². The van der Waals surface area contributed by atoms with Crippen molar-refractivity contribution in [3.63, 3.8) is 0 Å². The van der Waals surface area contributed by atoms with Crippen LogP contribution >= 0.6 is 11.6 Å². The number of ether oxygens (including phenoxy) is 4. The number of aliphatic hydroxyl groups excluding tert-OH is 2. The zero-order valence-electron chi connectivity index (χ0n) is 35.6. The van der Waals surface area contributed by atoms with Gasteiger partial charge in [0.2, 0.25) is 17.3 Å². The van der Waals surface area contributed by atoms with Crippen molar-refractivity contribution >= 4 is 57.7 Å². The van der Waals surface area contributed by atoms with Gasteiger partial charge < -0.3 is 59.3 Å². The number of amides is 1. The minimum Gasteiger partial charge on any atom is -0.507 e. The first-order chi connectivity index (χ1) is 31.1. The number of carbonyl (C=O) groups excluding carboxylic acids is 5. The molecule has 18 nitrogen and oxygen atoms in total. The third-order valence-electron chi connectivity index (χ3n) is 12.9. The predicted octanol–water partition coefficient (Wildman–Crippen LogP) is 3.61. The second-order valence-electron chi connectivity index (χ2n) is 17.0. The van der Waals surface area contributed by atoms with E-state index in [4.69, 9.17) is 35.0 Å². The summed E-state index contributed by atoms with van der Waals surface area (Å²) in [6.07, 6.45) is 3.04. The van der Waals surface area contributed by atoms with Gasteiger partial charge in [-0.2, -0.15) is 0 Å². The molecule has 19 heteroatoms. The maximum absolute atomic E-state index is 14.4. The minimum absolute atomic E-state index is 0.0140. The quantitative estimate of drug-likeness (QED) is 0.0530. The Labute approximate surface area is 379 Å². The van der Waals surface area contributed by atoms with Crippen LogP contribution in [0.3, 0.4) is 0 Å². The Morgan fingerprint density at radius 2 is 1.62 bits per heavy atom. The lowest BCUT2D eigenvalue weighted by Crippen LogP contribution is -2.78. The van der Waals surface area contributed by atoms with E-state index in [0.29, 0.717) is 16.5 Å². The van der Waals surface area contributed by atoms with Crippen LogP contribution in [-0.4, -0.2) is 107 Å². The van der Waals surface area contributed by atoms with Gasteiger partial charge in [-0.05, 0) is 44.5 Å². The number of hydrogen-bond acceptors (Lipinski definition) is 17. The highest BCUT2D eigenvalue weighted by Crippen LogP contribution is 2.74. The molecule has 8 rings (SSSR count). The zero-order chi connectivity index (χ0) is 47.8. The number of carbonyl (C=O) groups is 5. The second kappa shape index (κ2) is 16.6. The van der Waals surface area contributed by atoms with Gasteiger partial charge in [-0.3, -0.25) is 19.2 Å². The average Bonchev–Trinajstić information content (AvgIpc) is 3.98. The molecule has 3 heterocycles. The van der Waals surface area contributed by atoms with Crippen LogP contribution in [0.15, 0.2) is 93.7 Å². The standard InChI is InChI=1S/C47H44ClNO17/c1-21-17-31(52)46(61)44(60,19-21)20-32(53)45-42(58)35-27(41(57)47(45,46)66-45)14-13-26(38(35)56)29-18-30(39(23(3)62-29)63-24(4)50)64-34(55)12-10-8-6-5-7-9-11-33(54)49-37-22(2)25-15-16-28(51)36(48)40(25)65-43(37)59/h5-17,23,29-30,32,39,42,51,53,56,58,60-61H,18-20H2,1-4H3,(H,49,54)/b7-5+,8-6+,11-9+,12-10+/t23-,29-,30-,32?,39+,42?,44?,45?,46?,47?/m1/s1. The number of aryl methyl sites for hydroxylation is 1. The SMILES string of the molecule is CC(=O)O[C@H]1[C@@H](C)O[C@@H](c2ccc3c(c2O)C(O)C24OC2(C3=O)C2(O)C(=O)C=C(C)CC2(O)CC4O)C[C@H]1OC(=O)/C=C/C=C/C=C/C=C/C(=O)Nc1c(C)c2ccc(O)c(Cl)c2oc1=O. The first-order valence-electron chi connectivity index (χ1n) is 20.7. The van der Waals surface area contributed by atoms with E-state index in [1.807, 2.05) is 0 Å². The molecule has 2 saturated heterocycles. The molecule has 0 bridgehead atoms. The molecule has 0 spiro atoms. The van der Waals surface area contributed by atoms with Gasteiger partial charge in [0.15, 0.2) is 28.7 Å². The van der Waals surface area contributed by atoms with Gasteiger partial charge in [-0.25, -0.2) is 9.59 Å². The second-order valence-corrected chi connectivity index (χ2v) is 17.4. The number of aromatic hydroxyl groups is 2. The number of benzene rings is 2. The number of aliphatic hydroxyl groups is 4. The smallest absolute Gasteiger partial charge is 0.360 e. The lowest BCUT2D eigenvalue weighted by Gasteiger charge is -2.54. The molecule has 3 aliphatic carbocycles. The summed E-state index contributed by atoms with van der Waals surface area (Å²) in [5.41, 5.74) is -11.0. The number of fused-ring (bicyclic) bond motifs is 3. The van der Waals surface area contributed by atoms with Crippen molar-refractivity contribution < 1.29 is 78.0 Å². The van der Waals surface area contributed by atoms with E-state index in [-0.39, 0.29) is 51.6 Å². The van der Waals surface area contributed by atoms with E-state index in [1.54, 1.807) is 26.8 Å². The highest BCUT2D eigenvalue weighted by molar-refractivity contribution is 6.36. The van der Waals surface area contributed by atoms with Crippen molar-refractivity contribution in [1.29, 1.82) is 0 Å². The number of hydrogen-bond donors (Lipinski definition) is 7. The Kier molecular flexibility index (Phi) is 11.6. The summed E-state index contributed by atoms with van der Waals surface area (Å²) in [6, 6.07) is 5.38. The molecule has 3 aromatic rings. The molecule has 10 atom stereocenters. The molecule has 1 aromatic heterocycles. The van der Waals surface area contributed by atoms with Gasteiger partial charge in [0, 0.05) is 60.4 Å². The molecule has 0 radical (unpaired) electrons. The molecule has 1 saturated carbocycles. The summed E-state index contributed by atoms with van der Waals surface area (Å²) in [7, 11) is 0. The maximum atomic E-state index is 14.4.